The van der Waals surface area contributed by atoms with E-state index in [0.29, 0.717) is 12.8 Å². The van der Waals surface area contributed by atoms with Crippen molar-refractivity contribution in [2.45, 2.75) is 39.2 Å². The zero-order valence-electron chi connectivity index (χ0n) is 13.2. The van der Waals surface area contributed by atoms with Crippen LogP contribution in [-0.2, 0) is 14.4 Å². The number of rotatable bonds is 8. The largest absolute Gasteiger partial charge is 0.480 e. The van der Waals surface area contributed by atoms with E-state index in [4.69, 9.17) is 5.11 Å². The van der Waals surface area contributed by atoms with E-state index in [0.717, 1.165) is 4.90 Å². The molecule has 22 heavy (non-hydrogen) atoms. The summed E-state index contributed by atoms with van der Waals surface area (Å²) in [7, 11) is 1.54. The molecule has 0 aromatic rings. The Kier molecular flexibility index (Phi) is 6.33. The van der Waals surface area contributed by atoms with Crippen molar-refractivity contribution < 1.29 is 24.3 Å². The maximum absolute atomic E-state index is 11.8. The first-order valence-corrected chi connectivity index (χ1v) is 7.30. The quantitative estimate of drug-likeness (QED) is 0.626. The molecule has 4 amide bonds. The van der Waals surface area contributed by atoms with Crippen LogP contribution in [-0.4, -0.2) is 64.9 Å². The smallest absolute Gasteiger partial charge is 0.326 e. The Morgan fingerprint density at radius 1 is 1.32 bits per heavy atom. The average molecular weight is 313 g/mol. The molecule has 0 radical (unpaired) electrons. The highest BCUT2D eigenvalue weighted by Crippen LogP contribution is 2.10. The van der Waals surface area contributed by atoms with Crippen molar-refractivity contribution in [1.82, 2.24) is 15.1 Å². The second kappa shape index (κ2) is 7.77. The molecule has 1 saturated heterocycles. The zero-order valence-corrected chi connectivity index (χ0v) is 13.2. The van der Waals surface area contributed by atoms with Gasteiger partial charge in [-0.25, -0.2) is 9.59 Å². The van der Waals surface area contributed by atoms with E-state index in [9.17, 15) is 19.2 Å². The van der Waals surface area contributed by atoms with Gasteiger partial charge >= 0.3 is 12.0 Å². The minimum atomic E-state index is -1.06. The van der Waals surface area contributed by atoms with Crippen LogP contribution in [0.1, 0.15) is 33.1 Å². The van der Waals surface area contributed by atoms with E-state index in [1.54, 1.807) is 0 Å². The van der Waals surface area contributed by atoms with Crippen molar-refractivity contribution in [3.63, 3.8) is 0 Å². The van der Waals surface area contributed by atoms with Crippen LogP contribution in [0.15, 0.2) is 0 Å². The number of likely N-dealkylation sites (N-methyl/N-ethyl adjacent to an activating group) is 1. The standard InChI is InChI=1S/C14H23N3O5/c1-9(2)7-10(13(20)21)15-11(18)5-4-6-17-12(19)8-16(3)14(17)22/h9-10H,4-8H2,1-3H3,(H,15,18)(H,20,21)/t10-/m1/s1. The third-order valence-electron chi connectivity index (χ3n) is 3.36. The lowest BCUT2D eigenvalue weighted by atomic mass is 10.0. The van der Waals surface area contributed by atoms with E-state index >= 15 is 0 Å². The Morgan fingerprint density at radius 3 is 2.41 bits per heavy atom. The van der Waals surface area contributed by atoms with E-state index in [2.05, 4.69) is 5.32 Å². The third kappa shape index (κ3) is 5.01. The highest BCUT2D eigenvalue weighted by atomic mass is 16.4. The molecule has 124 valence electrons. The molecule has 0 bridgehead atoms. The van der Waals surface area contributed by atoms with Crippen molar-refractivity contribution >= 4 is 23.8 Å². The molecular formula is C14H23N3O5. The summed E-state index contributed by atoms with van der Waals surface area (Å²) in [5, 5.41) is 11.5. The number of amides is 4. The van der Waals surface area contributed by atoms with Crippen LogP contribution in [0.2, 0.25) is 0 Å². The van der Waals surface area contributed by atoms with Gasteiger partial charge in [0.25, 0.3) is 0 Å². The molecule has 0 aromatic carbocycles. The lowest BCUT2D eigenvalue weighted by Gasteiger charge is -2.17. The summed E-state index contributed by atoms with van der Waals surface area (Å²) in [6, 6.07) is -1.28. The van der Waals surface area contributed by atoms with Gasteiger partial charge in [0.2, 0.25) is 11.8 Å². The topological polar surface area (TPSA) is 107 Å². The van der Waals surface area contributed by atoms with Gasteiger partial charge in [0, 0.05) is 20.0 Å². The van der Waals surface area contributed by atoms with Gasteiger partial charge in [-0.3, -0.25) is 14.5 Å². The fourth-order valence-electron chi connectivity index (χ4n) is 2.25. The summed E-state index contributed by atoms with van der Waals surface area (Å²) in [6.07, 6.45) is 0.739. The molecule has 1 heterocycles. The number of carboxylic acid groups (broad SMARTS) is 1. The molecule has 8 heteroatoms. The number of imide groups is 1. The minimum absolute atomic E-state index is 0.0561. The number of carbonyl (C=O) groups excluding carboxylic acids is 3. The van der Waals surface area contributed by atoms with Crippen molar-refractivity contribution in [1.29, 1.82) is 0 Å². The van der Waals surface area contributed by atoms with Gasteiger partial charge < -0.3 is 15.3 Å². The van der Waals surface area contributed by atoms with Crippen LogP contribution in [0.4, 0.5) is 4.79 Å². The Bertz CT molecular complexity index is 463. The lowest BCUT2D eigenvalue weighted by Crippen LogP contribution is -2.42. The fraction of sp³-hybridized carbons (Fsp3) is 0.714. The minimum Gasteiger partial charge on any atom is -0.480 e. The molecule has 0 unspecified atom stereocenters. The average Bonchev–Trinajstić information content (AvgIpc) is 2.63. The first-order valence-electron chi connectivity index (χ1n) is 7.30. The lowest BCUT2D eigenvalue weighted by molar-refractivity contribution is -0.142. The summed E-state index contributed by atoms with van der Waals surface area (Å²) >= 11 is 0. The molecule has 0 spiro atoms. The molecule has 0 aliphatic carbocycles. The Balaban J connectivity index is 2.38. The predicted molar refractivity (Wildman–Crippen MR) is 78.0 cm³/mol. The number of nitrogens with zero attached hydrogens (tertiary/aromatic N) is 2. The van der Waals surface area contributed by atoms with Gasteiger partial charge in [0.05, 0.1) is 0 Å². The van der Waals surface area contributed by atoms with Crippen LogP contribution in [0.25, 0.3) is 0 Å². The van der Waals surface area contributed by atoms with E-state index in [1.165, 1.54) is 11.9 Å². The first kappa shape index (κ1) is 17.9. The number of hydrogen-bond acceptors (Lipinski definition) is 4. The molecule has 1 aliphatic rings. The molecule has 1 fully saturated rings. The van der Waals surface area contributed by atoms with Gasteiger partial charge in [0.15, 0.2) is 0 Å². The molecule has 1 rings (SSSR count). The summed E-state index contributed by atoms with van der Waals surface area (Å²) in [6.45, 7) is 3.98. The second-order valence-electron chi connectivity index (χ2n) is 5.88. The zero-order chi connectivity index (χ0) is 16.9. The Labute approximate surface area is 129 Å². The monoisotopic (exact) mass is 313 g/mol. The highest BCUT2D eigenvalue weighted by Gasteiger charge is 2.33. The second-order valence-corrected chi connectivity index (χ2v) is 5.88. The fourth-order valence-corrected chi connectivity index (χ4v) is 2.25. The number of carbonyl (C=O) groups is 4. The van der Waals surface area contributed by atoms with E-state index in [-0.39, 0.29) is 43.3 Å². The van der Waals surface area contributed by atoms with Crippen molar-refractivity contribution in [2.24, 2.45) is 5.92 Å². The van der Waals surface area contributed by atoms with Crippen LogP contribution < -0.4 is 5.32 Å². The van der Waals surface area contributed by atoms with E-state index in [1.807, 2.05) is 13.8 Å². The normalized spacial score (nSPS) is 16.4. The molecule has 2 N–H and O–H groups in total. The number of aliphatic carboxylic acids is 1. The number of nitrogens with one attached hydrogen (secondary N) is 1. The van der Waals surface area contributed by atoms with Crippen LogP contribution in [0.3, 0.4) is 0 Å². The van der Waals surface area contributed by atoms with Crippen LogP contribution in [0, 0.1) is 5.92 Å². The molecule has 1 atom stereocenters. The van der Waals surface area contributed by atoms with Crippen molar-refractivity contribution in [3.8, 4) is 0 Å². The van der Waals surface area contributed by atoms with Gasteiger partial charge in [0.1, 0.15) is 12.6 Å². The third-order valence-corrected chi connectivity index (χ3v) is 3.36. The van der Waals surface area contributed by atoms with Crippen molar-refractivity contribution in [2.75, 3.05) is 20.1 Å². The summed E-state index contributed by atoms with van der Waals surface area (Å²) in [5.41, 5.74) is 0. The molecule has 0 saturated carbocycles. The highest BCUT2D eigenvalue weighted by molar-refractivity contribution is 6.01. The molecule has 1 aliphatic heterocycles. The summed E-state index contributed by atoms with van der Waals surface area (Å²) < 4.78 is 0. The van der Waals surface area contributed by atoms with Gasteiger partial charge in [-0.05, 0) is 18.8 Å². The molecule has 8 nitrogen and oxygen atoms in total. The van der Waals surface area contributed by atoms with Gasteiger partial charge in [-0.15, -0.1) is 0 Å². The number of carboxylic acids is 1. The maximum Gasteiger partial charge on any atom is 0.326 e. The number of urea groups is 1. The predicted octanol–water partition coefficient (Wildman–Crippen LogP) is 0.276. The van der Waals surface area contributed by atoms with Crippen LogP contribution >= 0.6 is 0 Å². The van der Waals surface area contributed by atoms with Crippen LogP contribution in [0.5, 0.6) is 0 Å². The van der Waals surface area contributed by atoms with Gasteiger partial charge in [-0.1, -0.05) is 13.8 Å². The summed E-state index contributed by atoms with van der Waals surface area (Å²) in [4.78, 5) is 48.4. The SMILES string of the molecule is CC(C)C[C@@H](NC(=O)CCCN1C(=O)CN(C)C1=O)C(=O)O. The van der Waals surface area contributed by atoms with Crippen molar-refractivity contribution in [3.05, 3.63) is 0 Å². The first-order chi connectivity index (χ1) is 10.2. The Hall–Kier alpha value is -2.12. The molecule has 0 aromatic heterocycles. The van der Waals surface area contributed by atoms with Gasteiger partial charge in [-0.2, -0.15) is 0 Å². The molecular weight excluding hydrogens is 290 g/mol. The van der Waals surface area contributed by atoms with E-state index < -0.39 is 12.0 Å². The number of hydrogen-bond donors (Lipinski definition) is 2. The maximum atomic E-state index is 11.8. The Morgan fingerprint density at radius 2 is 1.95 bits per heavy atom. The summed E-state index contributed by atoms with van der Waals surface area (Å²) in [5.74, 6) is -1.58.